The number of β-amino-alcohol motifs (C(OH)–C–C–N with tert-alkyl or cyclic N) is 1. The molecular formula is C11H18F3NO4. The number of halogens is 3. The number of carbonyl (C=O) groups excluding carboxylic acids is 1. The minimum absolute atomic E-state index is 0.669. The van der Waals surface area contributed by atoms with Crippen molar-refractivity contribution in [3.63, 3.8) is 0 Å². The number of ether oxygens (including phenoxy) is 1. The highest BCUT2D eigenvalue weighted by atomic mass is 19.4. The fourth-order valence-corrected chi connectivity index (χ4v) is 1.88. The second-order valence-electron chi connectivity index (χ2n) is 5.68. The lowest BCUT2D eigenvalue weighted by Gasteiger charge is -2.28. The van der Waals surface area contributed by atoms with E-state index >= 15 is 0 Å². The summed E-state index contributed by atoms with van der Waals surface area (Å²) in [6.07, 6.45) is -6.60. The van der Waals surface area contributed by atoms with Crippen molar-refractivity contribution in [3.05, 3.63) is 0 Å². The molecule has 112 valence electrons. The summed E-state index contributed by atoms with van der Waals surface area (Å²) < 4.78 is 43.1. The van der Waals surface area contributed by atoms with Crippen LogP contribution in [-0.2, 0) is 4.74 Å². The van der Waals surface area contributed by atoms with Crippen molar-refractivity contribution in [2.24, 2.45) is 0 Å². The molecule has 1 fully saturated rings. The third kappa shape index (κ3) is 3.50. The zero-order valence-electron chi connectivity index (χ0n) is 11.0. The minimum atomic E-state index is -4.86. The third-order valence-corrected chi connectivity index (χ3v) is 2.81. The van der Waals surface area contributed by atoms with Crippen LogP contribution in [0, 0.1) is 0 Å². The number of aliphatic hydroxyl groups is 2. The van der Waals surface area contributed by atoms with Crippen LogP contribution in [-0.4, -0.2) is 57.8 Å². The van der Waals surface area contributed by atoms with E-state index in [0.717, 1.165) is 4.90 Å². The second kappa shape index (κ2) is 4.82. The molecule has 0 aliphatic carbocycles. The maximum atomic E-state index is 12.7. The number of likely N-dealkylation sites (tertiary alicyclic amines) is 1. The van der Waals surface area contributed by atoms with Gasteiger partial charge in [-0.15, -0.1) is 0 Å². The first-order valence-electron chi connectivity index (χ1n) is 5.79. The van der Waals surface area contributed by atoms with Crippen molar-refractivity contribution in [1.29, 1.82) is 0 Å². The summed E-state index contributed by atoms with van der Waals surface area (Å²) in [5, 5.41) is 18.6. The van der Waals surface area contributed by atoms with Crippen LogP contribution in [0.5, 0.6) is 0 Å². The Morgan fingerprint density at radius 2 is 1.95 bits per heavy atom. The fourth-order valence-electron chi connectivity index (χ4n) is 1.88. The molecule has 8 heteroatoms. The number of rotatable bonds is 1. The van der Waals surface area contributed by atoms with Crippen LogP contribution in [0.15, 0.2) is 0 Å². The lowest BCUT2D eigenvalue weighted by Crippen LogP contribution is -2.48. The molecule has 0 spiro atoms. The van der Waals surface area contributed by atoms with E-state index in [1.165, 1.54) is 0 Å². The van der Waals surface area contributed by atoms with Gasteiger partial charge in [0.15, 0.2) is 5.60 Å². The number of amides is 1. The van der Waals surface area contributed by atoms with E-state index < -0.39 is 49.1 Å². The Bertz CT molecular complexity index is 353. The number of hydrogen-bond donors (Lipinski definition) is 2. The van der Waals surface area contributed by atoms with E-state index in [2.05, 4.69) is 0 Å². The van der Waals surface area contributed by atoms with E-state index in [4.69, 9.17) is 9.84 Å². The molecule has 1 heterocycles. The Hall–Kier alpha value is -1.02. The molecule has 1 aliphatic rings. The van der Waals surface area contributed by atoms with Crippen molar-refractivity contribution in [2.45, 2.75) is 50.6 Å². The molecule has 19 heavy (non-hydrogen) atoms. The zero-order valence-corrected chi connectivity index (χ0v) is 11.0. The van der Waals surface area contributed by atoms with E-state index in [-0.39, 0.29) is 0 Å². The average Bonchev–Trinajstić information content (AvgIpc) is 2.53. The molecule has 0 saturated carbocycles. The topological polar surface area (TPSA) is 70.0 Å². The zero-order chi connectivity index (χ0) is 15.1. The first-order valence-corrected chi connectivity index (χ1v) is 5.79. The summed E-state index contributed by atoms with van der Waals surface area (Å²) in [6, 6.07) is -1.11. The summed E-state index contributed by atoms with van der Waals surface area (Å²) in [4.78, 5) is 12.5. The van der Waals surface area contributed by atoms with Gasteiger partial charge in [0.25, 0.3) is 0 Å². The Morgan fingerprint density at radius 3 is 2.32 bits per heavy atom. The highest BCUT2D eigenvalue weighted by molar-refractivity contribution is 5.69. The molecule has 0 bridgehead atoms. The van der Waals surface area contributed by atoms with Crippen LogP contribution in [0.2, 0.25) is 0 Å². The predicted octanol–water partition coefficient (Wildman–Crippen LogP) is 1.28. The van der Waals surface area contributed by atoms with Gasteiger partial charge in [-0.2, -0.15) is 13.2 Å². The molecule has 1 rings (SSSR count). The van der Waals surface area contributed by atoms with Gasteiger partial charge in [0, 0.05) is 6.42 Å². The molecule has 1 aliphatic heterocycles. The Morgan fingerprint density at radius 1 is 1.42 bits per heavy atom. The first kappa shape index (κ1) is 16.0. The van der Waals surface area contributed by atoms with Crippen molar-refractivity contribution in [1.82, 2.24) is 4.90 Å². The lowest BCUT2D eigenvalue weighted by atomic mass is 10.0. The first-order chi connectivity index (χ1) is 8.39. The number of carbonyl (C=O) groups is 1. The van der Waals surface area contributed by atoms with Gasteiger partial charge in [0.2, 0.25) is 0 Å². The lowest BCUT2D eigenvalue weighted by molar-refractivity contribution is -0.253. The number of alkyl halides is 3. The van der Waals surface area contributed by atoms with Crippen LogP contribution < -0.4 is 0 Å². The largest absolute Gasteiger partial charge is 0.444 e. The van der Waals surface area contributed by atoms with Crippen molar-refractivity contribution in [3.8, 4) is 0 Å². The minimum Gasteiger partial charge on any atom is -0.444 e. The molecule has 5 nitrogen and oxygen atoms in total. The summed E-state index contributed by atoms with van der Waals surface area (Å²) in [5.74, 6) is 0. The standard InChI is InChI=1S/C11H18F3NO4/c1-9(2,3)19-8(17)15-6-10(18,11(12,13)14)4-7(15)5-16/h7,16,18H,4-6H2,1-3H3/t7-,10-/m0/s1. The van der Waals surface area contributed by atoms with Crippen LogP contribution in [0.25, 0.3) is 0 Å². The van der Waals surface area contributed by atoms with Gasteiger partial charge in [0.1, 0.15) is 5.60 Å². The molecule has 2 atom stereocenters. The van der Waals surface area contributed by atoms with Gasteiger partial charge in [-0.25, -0.2) is 4.79 Å². The summed E-state index contributed by atoms with van der Waals surface area (Å²) >= 11 is 0. The molecule has 0 unspecified atom stereocenters. The molecule has 0 aromatic heterocycles. The van der Waals surface area contributed by atoms with E-state index in [9.17, 15) is 23.1 Å². The van der Waals surface area contributed by atoms with Gasteiger partial charge in [-0.3, -0.25) is 4.90 Å². The van der Waals surface area contributed by atoms with Crippen LogP contribution in [0.3, 0.4) is 0 Å². The summed E-state index contributed by atoms with van der Waals surface area (Å²) in [6.45, 7) is 3.12. The normalized spacial score (nSPS) is 28.6. The fraction of sp³-hybridized carbons (Fsp3) is 0.909. The van der Waals surface area contributed by atoms with Crippen LogP contribution in [0.1, 0.15) is 27.2 Å². The molecule has 0 aromatic carbocycles. The maximum absolute atomic E-state index is 12.7. The van der Waals surface area contributed by atoms with E-state index in [1.807, 2.05) is 0 Å². The monoisotopic (exact) mass is 285 g/mol. The predicted molar refractivity (Wildman–Crippen MR) is 59.4 cm³/mol. The molecule has 0 aromatic rings. The van der Waals surface area contributed by atoms with Crippen LogP contribution in [0.4, 0.5) is 18.0 Å². The quantitative estimate of drug-likeness (QED) is 0.761. The Labute approximate surface area is 109 Å². The Kier molecular flexibility index (Phi) is 4.07. The van der Waals surface area contributed by atoms with Crippen molar-refractivity contribution < 1.29 is 32.9 Å². The van der Waals surface area contributed by atoms with Gasteiger partial charge < -0.3 is 14.9 Å². The molecule has 1 saturated heterocycles. The molecule has 0 radical (unpaired) electrons. The highest BCUT2D eigenvalue weighted by Gasteiger charge is 2.61. The molecule has 1 amide bonds. The molecular weight excluding hydrogens is 267 g/mol. The molecule has 2 N–H and O–H groups in total. The maximum Gasteiger partial charge on any atom is 0.419 e. The SMILES string of the molecule is CC(C)(C)OC(=O)N1C[C@](O)(C(F)(F)F)C[C@H]1CO. The summed E-state index contributed by atoms with van der Waals surface area (Å²) in [7, 11) is 0. The number of nitrogens with zero attached hydrogens (tertiary/aromatic N) is 1. The number of aliphatic hydroxyl groups excluding tert-OH is 1. The average molecular weight is 285 g/mol. The van der Waals surface area contributed by atoms with Gasteiger partial charge in [-0.1, -0.05) is 0 Å². The third-order valence-electron chi connectivity index (χ3n) is 2.81. The van der Waals surface area contributed by atoms with Gasteiger partial charge in [0.05, 0.1) is 19.2 Å². The van der Waals surface area contributed by atoms with E-state index in [0.29, 0.717) is 0 Å². The second-order valence-corrected chi connectivity index (χ2v) is 5.68. The van der Waals surface area contributed by atoms with Gasteiger partial charge >= 0.3 is 12.3 Å². The van der Waals surface area contributed by atoms with Crippen molar-refractivity contribution >= 4 is 6.09 Å². The highest BCUT2D eigenvalue weighted by Crippen LogP contribution is 2.40. The Balaban J connectivity index is 2.88. The van der Waals surface area contributed by atoms with Crippen LogP contribution >= 0.6 is 0 Å². The smallest absolute Gasteiger partial charge is 0.419 e. The summed E-state index contributed by atoms with van der Waals surface area (Å²) in [5.41, 5.74) is -3.87. The van der Waals surface area contributed by atoms with E-state index in [1.54, 1.807) is 20.8 Å². The van der Waals surface area contributed by atoms with Crippen molar-refractivity contribution in [2.75, 3.05) is 13.2 Å². The number of hydrogen-bond acceptors (Lipinski definition) is 4. The van der Waals surface area contributed by atoms with Gasteiger partial charge in [-0.05, 0) is 20.8 Å².